The largest absolute Gasteiger partial charge is 0.416 e. The summed E-state index contributed by atoms with van der Waals surface area (Å²) in [4.78, 5) is 0. The van der Waals surface area contributed by atoms with E-state index in [4.69, 9.17) is 5.73 Å². The van der Waals surface area contributed by atoms with E-state index in [0.29, 0.717) is 0 Å². The fourth-order valence-electron chi connectivity index (χ4n) is 0.656. The second kappa shape index (κ2) is 3.99. The summed E-state index contributed by atoms with van der Waals surface area (Å²) < 4.78 is 36.4. The van der Waals surface area contributed by atoms with E-state index in [1.54, 1.807) is 0 Å². The molecule has 12 heavy (non-hydrogen) atoms. The van der Waals surface area contributed by atoms with Gasteiger partial charge in [0, 0.05) is 0 Å². The second-order valence-corrected chi connectivity index (χ2v) is 2.16. The average molecular weight is 177 g/mol. The van der Waals surface area contributed by atoms with E-state index in [9.17, 15) is 13.2 Å². The maximum Gasteiger partial charge on any atom is 0.416 e. The fourth-order valence-corrected chi connectivity index (χ4v) is 0.656. The number of allylic oxidation sites excluding steroid dienone is 4. The third-order valence-corrected chi connectivity index (χ3v) is 1.30. The van der Waals surface area contributed by atoms with Gasteiger partial charge in [0.1, 0.15) is 0 Å². The topological polar surface area (TPSA) is 26.0 Å². The minimum absolute atomic E-state index is 0.0594. The van der Waals surface area contributed by atoms with E-state index >= 15 is 0 Å². The molecular weight excluding hydrogens is 167 g/mol. The summed E-state index contributed by atoms with van der Waals surface area (Å²) in [5, 5.41) is 0. The Kier molecular flexibility index (Phi) is 3.60. The van der Waals surface area contributed by atoms with E-state index in [1.807, 2.05) is 0 Å². The van der Waals surface area contributed by atoms with Crippen molar-refractivity contribution in [3.63, 3.8) is 0 Å². The van der Waals surface area contributed by atoms with Crippen LogP contribution in [0, 0.1) is 0 Å². The molecule has 0 aliphatic rings. The van der Waals surface area contributed by atoms with Gasteiger partial charge in [-0.05, 0) is 24.8 Å². The Hall–Kier alpha value is -1.19. The molecule has 0 heterocycles. The molecule has 4 heteroatoms. The summed E-state index contributed by atoms with van der Waals surface area (Å²) in [6.07, 6.45) is -1.55. The standard InChI is InChI=1S/C8H10F3N/c1-3-6(2)7(4-5-12)8(9,10)11/h3-5H,1,12H2,2H3/b5-4-,7-6+. The summed E-state index contributed by atoms with van der Waals surface area (Å²) >= 11 is 0. The quantitative estimate of drug-likeness (QED) is 0.644. The first-order chi connectivity index (χ1) is 5.43. The van der Waals surface area contributed by atoms with Gasteiger partial charge in [0.05, 0.1) is 5.57 Å². The van der Waals surface area contributed by atoms with Crippen LogP contribution < -0.4 is 5.73 Å². The van der Waals surface area contributed by atoms with Gasteiger partial charge in [-0.1, -0.05) is 12.7 Å². The zero-order chi connectivity index (χ0) is 9.78. The average Bonchev–Trinajstić information content (AvgIpc) is 1.96. The summed E-state index contributed by atoms with van der Waals surface area (Å²) in [6, 6.07) is 0. The highest BCUT2D eigenvalue weighted by Crippen LogP contribution is 2.29. The van der Waals surface area contributed by atoms with Crippen LogP contribution in [0.2, 0.25) is 0 Å². The monoisotopic (exact) mass is 177 g/mol. The van der Waals surface area contributed by atoms with Gasteiger partial charge in [-0.15, -0.1) is 0 Å². The number of hydrogen-bond donors (Lipinski definition) is 1. The first-order valence-electron chi connectivity index (χ1n) is 3.22. The normalized spacial score (nSPS) is 14.7. The predicted octanol–water partition coefficient (Wildman–Crippen LogP) is 2.52. The Morgan fingerprint density at radius 3 is 2.17 bits per heavy atom. The van der Waals surface area contributed by atoms with Crippen LogP contribution in [0.3, 0.4) is 0 Å². The first-order valence-corrected chi connectivity index (χ1v) is 3.22. The van der Waals surface area contributed by atoms with Crippen molar-refractivity contribution in [3.8, 4) is 0 Å². The molecule has 0 fully saturated rings. The molecule has 0 amide bonds. The lowest BCUT2D eigenvalue weighted by molar-refractivity contribution is -0.0887. The van der Waals surface area contributed by atoms with Crippen LogP contribution in [-0.2, 0) is 0 Å². The van der Waals surface area contributed by atoms with Gasteiger partial charge in [-0.2, -0.15) is 13.2 Å². The molecule has 0 aromatic heterocycles. The van der Waals surface area contributed by atoms with Gasteiger partial charge >= 0.3 is 6.18 Å². The summed E-state index contributed by atoms with van der Waals surface area (Å²) in [5.74, 6) is 0. The van der Waals surface area contributed by atoms with Crippen LogP contribution in [0.4, 0.5) is 13.2 Å². The van der Waals surface area contributed by atoms with E-state index < -0.39 is 11.7 Å². The zero-order valence-corrected chi connectivity index (χ0v) is 6.65. The smallest absolute Gasteiger partial charge is 0.405 e. The lowest BCUT2D eigenvalue weighted by Crippen LogP contribution is -2.11. The molecular formula is C8H10F3N. The molecule has 68 valence electrons. The highest BCUT2D eigenvalue weighted by atomic mass is 19.4. The van der Waals surface area contributed by atoms with Crippen LogP contribution >= 0.6 is 0 Å². The molecule has 0 aromatic carbocycles. The maximum absolute atomic E-state index is 12.1. The van der Waals surface area contributed by atoms with Crippen LogP contribution in [0.5, 0.6) is 0 Å². The molecule has 0 radical (unpaired) electrons. The number of halogens is 3. The Morgan fingerprint density at radius 2 is 1.92 bits per heavy atom. The zero-order valence-electron chi connectivity index (χ0n) is 6.65. The Bertz CT molecular complexity index is 223. The number of hydrogen-bond acceptors (Lipinski definition) is 1. The summed E-state index contributed by atoms with van der Waals surface area (Å²) in [6.45, 7) is 4.57. The molecule has 0 unspecified atom stereocenters. The van der Waals surface area contributed by atoms with Gasteiger partial charge < -0.3 is 5.73 Å². The minimum atomic E-state index is -4.37. The molecule has 0 spiro atoms. The maximum atomic E-state index is 12.1. The van der Waals surface area contributed by atoms with Gasteiger partial charge in [0.15, 0.2) is 0 Å². The van der Waals surface area contributed by atoms with Gasteiger partial charge in [0.25, 0.3) is 0 Å². The summed E-state index contributed by atoms with van der Waals surface area (Å²) in [5.41, 5.74) is 4.17. The SMILES string of the molecule is C=C/C(C)=C(\C=C/N)C(F)(F)F. The van der Waals surface area contributed by atoms with Crippen LogP contribution in [0.1, 0.15) is 6.92 Å². The number of nitrogens with two attached hydrogens (primary N) is 1. The molecule has 0 aliphatic carbocycles. The summed E-state index contributed by atoms with van der Waals surface area (Å²) in [7, 11) is 0. The number of rotatable bonds is 2. The van der Waals surface area contributed by atoms with Crippen molar-refractivity contribution in [2.45, 2.75) is 13.1 Å². The second-order valence-electron chi connectivity index (χ2n) is 2.16. The van der Waals surface area contributed by atoms with Gasteiger partial charge in [0.2, 0.25) is 0 Å². The lowest BCUT2D eigenvalue weighted by Gasteiger charge is -2.09. The van der Waals surface area contributed by atoms with Crippen molar-refractivity contribution in [2.75, 3.05) is 0 Å². The van der Waals surface area contributed by atoms with E-state index in [1.165, 1.54) is 6.92 Å². The van der Waals surface area contributed by atoms with Crippen molar-refractivity contribution in [3.05, 3.63) is 36.1 Å². The molecule has 0 rings (SSSR count). The van der Waals surface area contributed by atoms with Crippen molar-refractivity contribution < 1.29 is 13.2 Å². The number of alkyl halides is 3. The van der Waals surface area contributed by atoms with E-state index in [2.05, 4.69) is 6.58 Å². The predicted molar refractivity (Wildman–Crippen MR) is 42.3 cm³/mol. The third kappa shape index (κ3) is 2.82. The van der Waals surface area contributed by atoms with Gasteiger partial charge in [-0.25, -0.2) is 0 Å². The first kappa shape index (κ1) is 10.8. The van der Waals surface area contributed by atoms with Crippen LogP contribution in [-0.4, -0.2) is 6.18 Å². The molecule has 0 saturated heterocycles. The van der Waals surface area contributed by atoms with Crippen molar-refractivity contribution in [1.82, 2.24) is 0 Å². The lowest BCUT2D eigenvalue weighted by atomic mass is 10.1. The molecule has 0 bridgehead atoms. The highest BCUT2D eigenvalue weighted by Gasteiger charge is 2.32. The van der Waals surface area contributed by atoms with E-state index in [0.717, 1.165) is 18.4 Å². The highest BCUT2D eigenvalue weighted by molar-refractivity contribution is 5.34. The van der Waals surface area contributed by atoms with Crippen molar-refractivity contribution in [2.24, 2.45) is 5.73 Å². The molecule has 2 N–H and O–H groups in total. The van der Waals surface area contributed by atoms with E-state index in [-0.39, 0.29) is 5.57 Å². The van der Waals surface area contributed by atoms with Crippen molar-refractivity contribution >= 4 is 0 Å². The molecule has 1 nitrogen and oxygen atoms in total. The van der Waals surface area contributed by atoms with Crippen LogP contribution in [0.25, 0.3) is 0 Å². The fraction of sp³-hybridized carbons (Fsp3) is 0.250. The van der Waals surface area contributed by atoms with Gasteiger partial charge in [-0.3, -0.25) is 0 Å². The molecule has 0 saturated carbocycles. The molecule has 0 aromatic rings. The molecule has 0 atom stereocenters. The molecule has 0 aliphatic heterocycles. The Morgan fingerprint density at radius 1 is 1.42 bits per heavy atom. The van der Waals surface area contributed by atoms with Crippen molar-refractivity contribution in [1.29, 1.82) is 0 Å². The Labute approximate surface area is 69.1 Å². The minimum Gasteiger partial charge on any atom is -0.405 e. The van der Waals surface area contributed by atoms with Crippen LogP contribution in [0.15, 0.2) is 36.1 Å². The Balaban J connectivity index is 5.05. The third-order valence-electron chi connectivity index (χ3n) is 1.30.